The third-order valence-corrected chi connectivity index (χ3v) is 5.08. The third kappa shape index (κ3) is 2.25. The molecule has 0 aromatic carbocycles. The lowest BCUT2D eigenvalue weighted by molar-refractivity contribution is -0.0461. The summed E-state index contributed by atoms with van der Waals surface area (Å²) in [5.74, 6) is 1.83. The monoisotopic (exact) mass is 237 g/mol. The van der Waals surface area contributed by atoms with Crippen molar-refractivity contribution in [3.05, 3.63) is 0 Å². The molecular formula is C14H27N3. The van der Waals surface area contributed by atoms with E-state index in [2.05, 4.69) is 29.2 Å². The van der Waals surface area contributed by atoms with Gasteiger partial charge in [0.2, 0.25) is 0 Å². The number of hydrogen-bond acceptors (Lipinski definition) is 3. The normalized spacial score (nSPS) is 42.5. The van der Waals surface area contributed by atoms with Gasteiger partial charge in [0.05, 0.1) is 0 Å². The van der Waals surface area contributed by atoms with E-state index in [9.17, 15) is 0 Å². The first kappa shape index (κ1) is 11.9. The van der Waals surface area contributed by atoms with Crippen LogP contribution < -0.4 is 5.32 Å². The van der Waals surface area contributed by atoms with Gasteiger partial charge in [0, 0.05) is 18.6 Å². The number of nitrogens with one attached hydrogen (secondary N) is 1. The first-order valence-electron chi connectivity index (χ1n) is 7.37. The summed E-state index contributed by atoms with van der Waals surface area (Å²) in [7, 11) is 4.45. The summed E-state index contributed by atoms with van der Waals surface area (Å²) in [6, 6.07) is 1.69. The lowest BCUT2D eigenvalue weighted by Gasteiger charge is -2.55. The van der Waals surface area contributed by atoms with Crippen LogP contribution in [-0.4, -0.2) is 62.2 Å². The van der Waals surface area contributed by atoms with Crippen molar-refractivity contribution < 1.29 is 0 Å². The second-order valence-electron chi connectivity index (χ2n) is 6.54. The first-order valence-corrected chi connectivity index (χ1v) is 7.37. The minimum absolute atomic E-state index is 0.805. The molecule has 3 fully saturated rings. The molecule has 0 aromatic heterocycles. The Hall–Kier alpha value is -0.120. The lowest BCUT2D eigenvalue weighted by Crippen LogP contribution is -2.64. The molecule has 1 N–H and O–H groups in total. The molecule has 0 radical (unpaired) electrons. The molecule has 0 spiro atoms. The fourth-order valence-corrected chi connectivity index (χ4v) is 4.39. The van der Waals surface area contributed by atoms with Crippen molar-refractivity contribution in [1.29, 1.82) is 0 Å². The van der Waals surface area contributed by atoms with Gasteiger partial charge in [-0.15, -0.1) is 0 Å². The first-order chi connectivity index (χ1) is 8.25. The van der Waals surface area contributed by atoms with E-state index in [1.165, 1.54) is 51.9 Å². The van der Waals surface area contributed by atoms with Gasteiger partial charge in [0.25, 0.3) is 0 Å². The molecule has 0 saturated carbocycles. The van der Waals surface area contributed by atoms with E-state index in [1.54, 1.807) is 0 Å². The minimum Gasteiger partial charge on any atom is -0.316 e. The van der Waals surface area contributed by atoms with Crippen LogP contribution in [0.25, 0.3) is 0 Å². The Bertz CT molecular complexity index is 266. The largest absolute Gasteiger partial charge is 0.316 e. The van der Waals surface area contributed by atoms with E-state index < -0.39 is 0 Å². The molecule has 0 amide bonds. The van der Waals surface area contributed by atoms with Gasteiger partial charge >= 0.3 is 0 Å². The van der Waals surface area contributed by atoms with Gasteiger partial charge in [-0.1, -0.05) is 6.42 Å². The topological polar surface area (TPSA) is 18.5 Å². The summed E-state index contributed by atoms with van der Waals surface area (Å²) in [6.45, 7) is 5.12. The highest BCUT2D eigenvalue weighted by molar-refractivity contribution is 5.00. The molecule has 0 unspecified atom stereocenters. The quantitative estimate of drug-likeness (QED) is 0.773. The highest BCUT2D eigenvalue weighted by atomic mass is 15.3. The predicted octanol–water partition coefficient (Wildman–Crippen LogP) is 1.01. The number of rotatable bonds is 2. The molecule has 3 rings (SSSR count). The lowest BCUT2D eigenvalue weighted by atomic mass is 9.73. The zero-order valence-corrected chi connectivity index (χ0v) is 11.4. The van der Waals surface area contributed by atoms with Crippen molar-refractivity contribution in [2.24, 2.45) is 11.8 Å². The van der Waals surface area contributed by atoms with Gasteiger partial charge < -0.3 is 10.2 Å². The van der Waals surface area contributed by atoms with Crippen LogP contribution in [0, 0.1) is 11.8 Å². The van der Waals surface area contributed by atoms with E-state index in [0.717, 1.165) is 23.9 Å². The van der Waals surface area contributed by atoms with Crippen LogP contribution in [0.1, 0.15) is 25.7 Å². The van der Waals surface area contributed by atoms with Crippen molar-refractivity contribution in [2.45, 2.75) is 37.8 Å². The van der Waals surface area contributed by atoms with Gasteiger partial charge in [0.15, 0.2) is 0 Å². The summed E-state index contributed by atoms with van der Waals surface area (Å²) in [5, 5.41) is 3.68. The van der Waals surface area contributed by atoms with Gasteiger partial charge in [-0.2, -0.15) is 0 Å². The molecule has 17 heavy (non-hydrogen) atoms. The number of piperidine rings is 3. The van der Waals surface area contributed by atoms with Crippen molar-refractivity contribution in [1.82, 2.24) is 15.1 Å². The standard InChI is InChI=1S/C14H27N3/c1-16(2)10-14-12-7-11(8-15-9-12)13-5-3-4-6-17(13)14/h11-15H,3-10H2,1-2H3/t11-,12+,13+,14+/m1/s1. The maximum Gasteiger partial charge on any atom is 0.0266 e. The zero-order chi connectivity index (χ0) is 11.8. The average Bonchev–Trinajstić information content (AvgIpc) is 2.35. The molecule has 3 heteroatoms. The van der Waals surface area contributed by atoms with E-state index in [0.29, 0.717) is 0 Å². The van der Waals surface area contributed by atoms with Crippen LogP contribution >= 0.6 is 0 Å². The summed E-state index contributed by atoms with van der Waals surface area (Å²) in [6.07, 6.45) is 5.81. The highest BCUT2D eigenvalue weighted by Crippen LogP contribution is 2.39. The summed E-state index contributed by atoms with van der Waals surface area (Å²) in [4.78, 5) is 5.26. The Morgan fingerprint density at radius 3 is 2.82 bits per heavy atom. The van der Waals surface area contributed by atoms with Crippen LogP contribution in [0.2, 0.25) is 0 Å². The Balaban J connectivity index is 1.79. The second kappa shape index (κ2) is 4.87. The smallest absolute Gasteiger partial charge is 0.0266 e. The van der Waals surface area contributed by atoms with Crippen molar-refractivity contribution >= 4 is 0 Å². The summed E-state index contributed by atoms with van der Waals surface area (Å²) in [5.41, 5.74) is 0. The summed E-state index contributed by atoms with van der Waals surface area (Å²) >= 11 is 0. The molecule has 4 atom stereocenters. The Morgan fingerprint density at radius 2 is 2.00 bits per heavy atom. The molecule has 3 aliphatic heterocycles. The van der Waals surface area contributed by atoms with Gasteiger partial charge in [0.1, 0.15) is 0 Å². The predicted molar refractivity (Wildman–Crippen MR) is 71.2 cm³/mol. The van der Waals surface area contributed by atoms with Gasteiger partial charge in [-0.05, 0) is 64.8 Å². The molecule has 0 aromatic rings. The van der Waals surface area contributed by atoms with Gasteiger partial charge in [-0.3, -0.25) is 4.90 Å². The SMILES string of the molecule is CN(C)C[C@H]1[C@@H]2CNC[C@@H](C2)[C@@H]2CCCCN21. The van der Waals surface area contributed by atoms with Crippen LogP contribution in [0.3, 0.4) is 0 Å². The second-order valence-corrected chi connectivity index (χ2v) is 6.54. The fourth-order valence-electron chi connectivity index (χ4n) is 4.39. The third-order valence-electron chi connectivity index (χ3n) is 5.08. The Labute approximate surface area is 106 Å². The van der Waals surface area contributed by atoms with Crippen LogP contribution in [0.15, 0.2) is 0 Å². The average molecular weight is 237 g/mol. The van der Waals surface area contributed by atoms with Crippen LogP contribution in [-0.2, 0) is 0 Å². The van der Waals surface area contributed by atoms with E-state index in [4.69, 9.17) is 0 Å². The van der Waals surface area contributed by atoms with E-state index >= 15 is 0 Å². The number of fused-ring (bicyclic) bond motifs is 4. The van der Waals surface area contributed by atoms with E-state index in [1.807, 2.05) is 0 Å². The molecule has 3 aliphatic rings. The molecule has 2 bridgehead atoms. The molecular weight excluding hydrogens is 210 g/mol. The zero-order valence-electron chi connectivity index (χ0n) is 11.4. The molecule has 98 valence electrons. The van der Waals surface area contributed by atoms with Crippen LogP contribution in [0.4, 0.5) is 0 Å². The van der Waals surface area contributed by atoms with Crippen molar-refractivity contribution in [3.8, 4) is 0 Å². The molecule has 0 aliphatic carbocycles. The van der Waals surface area contributed by atoms with Crippen LogP contribution in [0.5, 0.6) is 0 Å². The highest BCUT2D eigenvalue weighted by Gasteiger charge is 2.45. The number of hydrogen-bond donors (Lipinski definition) is 1. The number of nitrogens with zero attached hydrogens (tertiary/aromatic N) is 2. The van der Waals surface area contributed by atoms with E-state index in [-0.39, 0.29) is 0 Å². The fraction of sp³-hybridized carbons (Fsp3) is 1.00. The van der Waals surface area contributed by atoms with Gasteiger partial charge in [-0.25, -0.2) is 0 Å². The molecule has 3 saturated heterocycles. The molecule has 3 nitrogen and oxygen atoms in total. The minimum atomic E-state index is 0.805. The Morgan fingerprint density at radius 1 is 1.18 bits per heavy atom. The summed E-state index contributed by atoms with van der Waals surface area (Å²) < 4.78 is 0. The Kier molecular flexibility index (Phi) is 3.42. The van der Waals surface area contributed by atoms with Crippen molar-refractivity contribution in [3.63, 3.8) is 0 Å². The maximum absolute atomic E-state index is 3.68. The number of likely N-dealkylation sites (N-methyl/N-ethyl adjacent to an activating group) is 1. The molecule has 3 heterocycles. The maximum atomic E-state index is 3.68. The van der Waals surface area contributed by atoms with Crippen molar-refractivity contribution in [2.75, 3.05) is 40.3 Å².